The second kappa shape index (κ2) is 9.05. The Morgan fingerprint density at radius 3 is 2.67 bits per heavy atom. The molecule has 2 fully saturated rings. The molecule has 0 unspecified atom stereocenters. The number of nitrogens with zero attached hydrogens (tertiary/aromatic N) is 6. The summed E-state index contributed by atoms with van der Waals surface area (Å²) in [6, 6.07) is 9.87. The van der Waals surface area contributed by atoms with Crippen LogP contribution in [0.3, 0.4) is 0 Å². The van der Waals surface area contributed by atoms with Crippen molar-refractivity contribution in [2.24, 2.45) is 13.0 Å². The fourth-order valence-electron chi connectivity index (χ4n) is 3.74. The maximum atomic E-state index is 12.5. The Balaban J connectivity index is 1.21. The van der Waals surface area contributed by atoms with Crippen molar-refractivity contribution >= 4 is 12.0 Å². The Bertz CT molecular complexity index is 1150. The number of aryl methyl sites for hydroxylation is 1. The minimum atomic E-state index is -0.632. The lowest BCUT2D eigenvalue weighted by atomic mass is 10.2. The van der Waals surface area contributed by atoms with Crippen molar-refractivity contribution in [2.75, 3.05) is 19.6 Å². The Labute approximate surface area is 191 Å². The molecule has 5 rings (SSSR count). The number of carbonyl (C=O) groups excluding carboxylic acids is 2. The summed E-state index contributed by atoms with van der Waals surface area (Å²) in [5.74, 6) is 2.15. The number of rotatable bonds is 8. The smallest absolute Gasteiger partial charge is 0.391 e. The second-order valence-corrected chi connectivity index (χ2v) is 8.54. The molecule has 1 N–H and O–H groups in total. The number of nitrogens with one attached hydrogen (secondary N) is 1. The number of carbonyl (C=O) groups is 2. The molecule has 1 saturated heterocycles. The topological polar surface area (TPSA) is 107 Å². The van der Waals surface area contributed by atoms with E-state index >= 15 is 0 Å². The molecule has 0 spiro atoms. The Kier molecular flexibility index (Phi) is 5.80. The molecule has 10 nitrogen and oxygen atoms in total. The zero-order valence-electron chi connectivity index (χ0n) is 18.6. The Hall–Kier alpha value is -3.69. The predicted octanol–water partition coefficient (Wildman–Crippen LogP) is 2.27. The average Bonchev–Trinajstić information content (AvgIpc) is 3.40. The van der Waals surface area contributed by atoms with Gasteiger partial charge in [-0.2, -0.15) is 10.2 Å². The minimum absolute atomic E-state index is 0.146. The molecule has 10 heteroatoms. The van der Waals surface area contributed by atoms with Crippen LogP contribution in [0.2, 0.25) is 0 Å². The zero-order valence-corrected chi connectivity index (χ0v) is 18.6. The Morgan fingerprint density at radius 1 is 1.18 bits per heavy atom. The van der Waals surface area contributed by atoms with Gasteiger partial charge in [-0.05, 0) is 25.2 Å². The molecule has 0 radical (unpaired) electrons. The minimum Gasteiger partial charge on any atom is -0.391 e. The number of aromatic nitrogens is 5. The number of benzene rings is 1. The number of ether oxygens (including phenoxy) is 1. The highest BCUT2D eigenvalue weighted by atomic mass is 16.6. The van der Waals surface area contributed by atoms with Crippen LogP contribution < -0.4 is 10.1 Å². The number of hydrogen-bond acceptors (Lipinski definition) is 6. The van der Waals surface area contributed by atoms with Gasteiger partial charge in [0.1, 0.15) is 11.4 Å². The third-order valence-electron chi connectivity index (χ3n) is 5.97. The van der Waals surface area contributed by atoms with Gasteiger partial charge in [0.15, 0.2) is 5.82 Å². The predicted molar refractivity (Wildman–Crippen MR) is 120 cm³/mol. The lowest BCUT2D eigenvalue weighted by Crippen LogP contribution is -2.42. The molecule has 3 aromatic rings. The van der Waals surface area contributed by atoms with Crippen LogP contribution in [0, 0.1) is 5.92 Å². The van der Waals surface area contributed by atoms with E-state index in [0.29, 0.717) is 43.4 Å². The highest BCUT2D eigenvalue weighted by Gasteiger charge is 2.28. The van der Waals surface area contributed by atoms with E-state index in [1.165, 1.54) is 23.7 Å². The van der Waals surface area contributed by atoms with Crippen LogP contribution in [0.25, 0.3) is 11.4 Å². The zero-order chi connectivity index (χ0) is 22.8. The normalized spacial score (nSPS) is 15.2. The third kappa shape index (κ3) is 4.74. The maximum Gasteiger partial charge on any atom is 0.413 e. The molecular formula is C23H27N7O3. The van der Waals surface area contributed by atoms with Gasteiger partial charge in [-0.25, -0.2) is 19.1 Å². The molecule has 1 saturated carbocycles. The summed E-state index contributed by atoms with van der Waals surface area (Å²) >= 11 is 0. The first-order chi connectivity index (χ1) is 16.1. The van der Waals surface area contributed by atoms with E-state index in [1.807, 2.05) is 35.0 Å². The van der Waals surface area contributed by atoms with Gasteiger partial charge in [0.2, 0.25) is 5.88 Å². The summed E-state index contributed by atoms with van der Waals surface area (Å²) in [5, 5.41) is 11.5. The van der Waals surface area contributed by atoms with Crippen LogP contribution in [-0.2, 0) is 20.0 Å². The lowest BCUT2D eigenvalue weighted by Gasteiger charge is -2.30. The van der Waals surface area contributed by atoms with Crippen molar-refractivity contribution in [1.29, 1.82) is 0 Å². The molecule has 172 valence electrons. The van der Waals surface area contributed by atoms with Gasteiger partial charge < -0.3 is 15.0 Å². The number of hydrogen-bond donors (Lipinski definition) is 1. The first-order valence-corrected chi connectivity index (χ1v) is 11.3. The SMILES string of the molecule is Cn1ncc(C(=O)N2CCC2)c1OC(=O)NCCc1nc(-c2ccccc2)nn1CC1CC1. The van der Waals surface area contributed by atoms with E-state index in [9.17, 15) is 9.59 Å². The molecule has 0 bridgehead atoms. The number of likely N-dealkylation sites (tertiary alicyclic amines) is 1. The van der Waals surface area contributed by atoms with Crippen LogP contribution >= 0.6 is 0 Å². The molecule has 1 aromatic carbocycles. The van der Waals surface area contributed by atoms with Gasteiger partial charge in [-0.15, -0.1) is 0 Å². The maximum absolute atomic E-state index is 12.5. The highest BCUT2D eigenvalue weighted by molar-refractivity contribution is 5.97. The van der Waals surface area contributed by atoms with Gasteiger partial charge >= 0.3 is 6.09 Å². The van der Waals surface area contributed by atoms with Crippen molar-refractivity contribution in [3.8, 4) is 17.3 Å². The first kappa shape index (κ1) is 21.2. The van der Waals surface area contributed by atoms with Crippen molar-refractivity contribution in [3.63, 3.8) is 0 Å². The third-order valence-corrected chi connectivity index (χ3v) is 5.97. The molecule has 2 aliphatic rings. The highest BCUT2D eigenvalue weighted by Crippen LogP contribution is 2.31. The van der Waals surface area contributed by atoms with E-state index in [-0.39, 0.29) is 11.8 Å². The van der Waals surface area contributed by atoms with Gasteiger partial charge in [0.25, 0.3) is 5.91 Å². The van der Waals surface area contributed by atoms with E-state index in [0.717, 1.165) is 24.4 Å². The van der Waals surface area contributed by atoms with Crippen molar-refractivity contribution < 1.29 is 14.3 Å². The van der Waals surface area contributed by atoms with Gasteiger partial charge in [-0.3, -0.25) is 4.79 Å². The van der Waals surface area contributed by atoms with E-state index in [2.05, 4.69) is 10.4 Å². The van der Waals surface area contributed by atoms with Crippen LogP contribution in [-0.4, -0.2) is 61.1 Å². The molecule has 1 aliphatic carbocycles. The van der Waals surface area contributed by atoms with E-state index in [4.69, 9.17) is 14.8 Å². The van der Waals surface area contributed by atoms with Crippen LogP contribution in [0.1, 0.15) is 35.4 Å². The quantitative estimate of drug-likeness (QED) is 0.565. The van der Waals surface area contributed by atoms with Crippen molar-refractivity contribution in [2.45, 2.75) is 32.2 Å². The molecule has 33 heavy (non-hydrogen) atoms. The summed E-state index contributed by atoms with van der Waals surface area (Å²) in [7, 11) is 1.64. The lowest BCUT2D eigenvalue weighted by molar-refractivity contribution is 0.0648. The molecule has 2 aromatic heterocycles. The number of amides is 2. The molecule has 2 amide bonds. The summed E-state index contributed by atoms with van der Waals surface area (Å²) in [6.07, 6.45) is 4.75. The van der Waals surface area contributed by atoms with Crippen molar-refractivity contribution in [3.05, 3.63) is 47.9 Å². The van der Waals surface area contributed by atoms with Gasteiger partial charge in [0, 0.05) is 45.2 Å². The fraction of sp³-hybridized carbons (Fsp3) is 0.435. The summed E-state index contributed by atoms with van der Waals surface area (Å²) < 4.78 is 8.78. The van der Waals surface area contributed by atoms with Crippen molar-refractivity contribution in [1.82, 2.24) is 34.8 Å². The first-order valence-electron chi connectivity index (χ1n) is 11.3. The second-order valence-electron chi connectivity index (χ2n) is 8.54. The molecular weight excluding hydrogens is 422 g/mol. The largest absolute Gasteiger partial charge is 0.413 e. The van der Waals surface area contributed by atoms with Crippen LogP contribution in [0.5, 0.6) is 5.88 Å². The van der Waals surface area contributed by atoms with E-state index < -0.39 is 6.09 Å². The average molecular weight is 450 g/mol. The summed E-state index contributed by atoms with van der Waals surface area (Å²) in [4.78, 5) is 31.4. The summed E-state index contributed by atoms with van der Waals surface area (Å²) in [5.41, 5.74) is 1.26. The van der Waals surface area contributed by atoms with E-state index in [1.54, 1.807) is 11.9 Å². The standard InChI is InChI=1S/C23H27N7O3/c1-28-22(18(14-25-28)21(31)29-12-5-13-29)33-23(32)24-11-10-19-26-20(17-6-3-2-4-7-17)27-30(19)15-16-8-9-16/h2-4,6-7,14,16H,5,8-13,15H2,1H3,(H,24,32). The Morgan fingerprint density at radius 2 is 1.97 bits per heavy atom. The van der Waals surface area contributed by atoms with Crippen LogP contribution in [0.15, 0.2) is 36.5 Å². The fourth-order valence-corrected chi connectivity index (χ4v) is 3.74. The van der Waals surface area contributed by atoms with Gasteiger partial charge in [0.05, 0.1) is 6.20 Å². The molecule has 3 heterocycles. The van der Waals surface area contributed by atoms with Crippen LogP contribution in [0.4, 0.5) is 4.79 Å². The molecule has 0 atom stereocenters. The monoisotopic (exact) mass is 449 g/mol. The molecule has 1 aliphatic heterocycles. The van der Waals surface area contributed by atoms with Gasteiger partial charge in [-0.1, -0.05) is 30.3 Å². The summed E-state index contributed by atoms with van der Waals surface area (Å²) in [6.45, 7) is 2.61.